The summed E-state index contributed by atoms with van der Waals surface area (Å²) in [6.45, 7) is 10.2. The Morgan fingerprint density at radius 3 is 2.08 bits per heavy atom. The predicted octanol–water partition coefficient (Wildman–Crippen LogP) is 4.21. The molecule has 4 heteroatoms. The molecule has 0 aliphatic rings. The van der Waals surface area contributed by atoms with Crippen LogP contribution < -0.4 is 10.5 Å². The molecule has 0 aromatic heterocycles. The molecule has 3 N–H and O–H groups in total. The van der Waals surface area contributed by atoms with Crippen molar-refractivity contribution in [3.63, 3.8) is 0 Å². The van der Waals surface area contributed by atoms with Crippen molar-refractivity contribution in [2.24, 2.45) is 5.73 Å². The largest absolute Gasteiger partial charge is 0.488 e. The zero-order valence-electron chi connectivity index (χ0n) is 16.2. The molecule has 26 heavy (non-hydrogen) atoms. The summed E-state index contributed by atoms with van der Waals surface area (Å²) in [5.41, 5.74) is 7.15. The van der Waals surface area contributed by atoms with Crippen LogP contribution in [-0.2, 0) is 17.0 Å². The molecule has 2 rings (SSSR count). The molecule has 0 radical (unpaired) electrons. The fourth-order valence-electron chi connectivity index (χ4n) is 3.05. The standard InChI is InChI=1S/C22H29NO3/c1-14(2)17-10-8-11-18(15(3)4)20(17)26-13-16-9-6-7-12-19(16)22(5,25)21(23)24/h6-12,14-15,25H,13H2,1-5H3,(H2,23,24). The van der Waals surface area contributed by atoms with Crippen LogP contribution in [0.15, 0.2) is 42.5 Å². The van der Waals surface area contributed by atoms with Gasteiger partial charge in [-0.15, -0.1) is 0 Å². The van der Waals surface area contributed by atoms with Gasteiger partial charge < -0.3 is 15.6 Å². The van der Waals surface area contributed by atoms with E-state index in [1.807, 2.05) is 12.1 Å². The summed E-state index contributed by atoms with van der Waals surface area (Å²) < 4.78 is 6.23. The third-order valence-electron chi connectivity index (χ3n) is 4.71. The fraction of sp³-hybridized carbons (Fsp3) is 0.409. The van der Waals surface area contributed by atoms with Gasteiger partial charge in [0.15, 0.2) is 5.60 Å². The normalized spacial score (nSPS) is 13.7. The lowest BCUT2D eigenvalue weighted by molar-refractivity contribution is -0.135. The maximum atomic E-state index is 11.7. The van der Waals surface area contributed by atoms with E-state index in [-0.39, 0.29) is 6.61 Å². The Kier molecular flexibility index (Phi) is 6.09. The van der Waals surface area contributed by atoms with Crippen LogP contribution in [-0.4, -0.2) is 11.0 Å². The van der Waals surface area contributed by atoms with Crippen LogP contribution in [0, 0.1) is 0 Å². The molecule has 1 unspecified atom stereocenters. The van der Waals surface area contributed by atoms with Crippen LogP contribution in [0.25, 0.3) is 0 Å². The van der Waals surface area contributed by atoms with Crippen molar-refractivity contribution in [3.8, 4) is 5.75 Å². The molecule has 0 fully saturated rings. The Hall–Kier alpha value is -2.33. The number of para-hydroxylation sites is 1. The third kappa shape index (κ3) is 4.07. The molecule has 0 saturated carbocycles. The summed E-state index contributed by atoms with van der Waals surface area (Å²) in [4.78, 5) is 11.7. The van der Waals surface area contributed by atoms with Crippen molar-refractivity contribution in [2.75, 3.05) is 0 Å². The lowest BCUT2D eigenvalue weighted by Gasteiger charge is -2.24. The molecular weight excluding hydrogens is 326 g/mol. The van der Waals surface area contributed by atoms with Crippen LogP contribution in [0.1, 0.15) is 68.7 Å². The van der Waals surface area contributed by atoms with E-state index in [9.17, 15) is 9.90 Å². The van der Waals surface area contributed by atoms with Gasteiger partial charge in [-0.3, -0.25) is 4.79 Å². The second kappa shape index (κ2) is 7.92. The highest BCUT2D eigenvalue weighted by atomic mass is 16.5. The van der Waals surface area contributed by atoms with Crippen LogP contribution in [0.4, 0.5) is 0 Å². The lowest BCUT2D eigenvalue weighted by Crippen LogP contribution is -2.39. The smallest absolute Gasteiger partial charge is 0.253 e. The molecule has 1 atom stereocenters. The SMILES string of the molecule is CC(C)c1cccc(C(C)C)c1OCc1ccccc1C(C)(O)C(N)=O. The van der Waals surface area contributed by atoms with Crippen LogP contribution in [0.2, 0.25) is 0 Å². The molecule has 0 bridgehead atoms. The summed E-state index contributed by atoms with van der Waals surface area (Å²) in [6.07, 6.45) is 0. The van der Waals surface area contributed by atoms with Crippen molar-refractivity contribution in [3.05, 3.63) is 64.7 Å². The number of carbonyl (C=O) groups excluding carboxylic acids is 1. The van der Waals surface area contributed by atoms with Gasteiger partial charge in [-0.25, -0.2) is 0 Å². The van der Waals surface area contributed by atoms with Gasteiger partial charge in [-0.1, -0.05) is 70.2 Å². The molecule has 4 nitrogen and oxygen atoms in total. The molecule has 140 valence electrons. The summed E-state index contributed by atoms with van der Waals surface area (Å²) in [5, 5.41) is 10.5. The lowest BCUT2D eigenvalue weighted by atomic mass is 9.91. The second-order valence-corrected chi connectivity index (χ2v) is 7.46. The number of amides is 1. The van der Waals surface area contributed by atoms with Gasteiger partial charge in [-0.2, -0.15) is 0 Å². The Morgan fingerprint density at radius 1 is 1.04 bits per heavy atom. The Labute approximate surface area is 156 Å². The highest BCUT2D eigenvalue weighted by Crippen LogP contribution is 2.35. The molecule has 0 saturated heterocycles. The molecule has 2 aromatic carbocycles. The van der Waals surface area contributed by atoms with E-state index in [0.29, 0.717) is 17.4 Å². The number of primary amides is 1. The first-order valence-corrected chi connectivity index (χ1v) is 9.02. The van der Waals surface area contributed by atoms with E-state index in [4.69, 9.17) is 10.5 Å². The van der Waals surface area contributed by atoms with Gasteiger partial charge >= 0.3 is 0 Å². The van der Waals surface area contributed by atoms with Gasteiger partial charge in [-0.05, 0) is 41.0 Å². The summed E-state index contributed by atoms with van der Waals surface area (Å²) >= 11 is 0. The van der Waals surface area contributed by atoms with Crippen molar-refractivity contribution in [1.82, 2.24) is 0 Å². The zero-order chi connectivity index (χ0) is 19.5. The van der Waals surface area contributed by atoms with Gasteiger partial charge in [0.05, 0.1) is 0 Å². The predicted molar refractivity (Wildman–Crippen MR) is 104 cm³/mol. The minimum absolute atomic E-state index is 0.253. The second-order valence-electron chi connectivity index (χ2n) is 7.46. The highest BCUT2D eigenvalue weighted by molar-refractivity contribution is 5.84. The van der Waals surface area contributed by atoms with E-state index in [2.05, 4.69) is 45.9 Å². The van der Waals surface area contributed by atoms with E-state index in [1.54, 1.807) is 12.1 Å². The summed E-state index contributed by atoms with van der Waals surface area (Å²) in [7, 11) is 0. The number of aliphatic hydroxyl groups is 1. The van der Waals surface area contributed by atoms with E-state index >= 15 is 0 Å². The number of nitrogens with two attached hydrogens (primary N) is 1. The van der Waals surface area contributed by atoms with Crippen molar-refractivity contribution in [2.45, 2.75) is 58.7 Å². The Balaban J connectivity index is 2.41. The highest BCUT2D eigenvalue weighted by Gasteiger charge is 2.32. The number of carbonyl (C=O) groups is 1. The fourth-order valence-corrected chi connectivity index (χ4v) is 3.05. The van der Waals surface area contributed by atoms with Gasteiger partial charge in [0.25, 0.3) is 5.91 Å². The molecule has 0 aliphatic heterocycles. The number of benzene rings is 2. The Morgan fingerprint density at radius 2 is 1.58 bits per heavy atom. The average Bonchev–Trinajstić information content (AvgIpc) is 2.59. The number of rotatable bonds is 7. The topological polar surface area (TPSA) is 72.6 Å². The van der Waals surface area contributed by atoms with Crippen LogP contribution in [0.3, 0.4) is 0 Å². The minimum Gasteiger partial charge on any atom is -0.488 e. The quantitative estimate of drug-likeness (QED) is 0.781. The summed E-state index contributed by atoms with van der Waals surface area (Å²) in [6, 6.07) is 13.4. The first kappa shape index (κ1) is 20.0. The van der Waals surface area contributed by atoms with Crippen LogP contribution in [0.5, 0.6) is 5.75 Å². The maximum absolute atomic E-state index is 11.7. The Bertz CT molecular complexity index is 752. The molecule has 0 aliphatic carbocycles. The number of ether oxygens (including phenoxy) is 1. The number of hydrogen-bond donors (Lipinski definition) is 2. The first-order valence-electron chi connectivity index (χ1n) is 9.02. The molecule has 2 aromatic rings. The molecule has 0 spiro atoms. The molecular formula is C22H29NO3. The monoisotopic (exact) mass is 355 g/mol. The van der Waals surface area contributed by atoms with Crippen molar-refractivity contribution in [1.29, 1.82) is 0 Å². The first-order chi connectivity index (χ1) is 12.2. The maximum Gasteiger partial charge on any atom is 0.253 e. The molecule has 1 amide bonds. The summed E-state index contributed by atoms with van der Waals surface area (Å²) in [5.74, 6) is 0.752. The van der Waals surface area contributed by atoms with Gasteiger partial charge in [0, 0.05) is 0 Å². The minimum atomic E-state index is -1.74. The van der Waals surface area contributed by atoms with E-state index < -0.39 is 11.5 Å². The van der Waals surface area contributed by atoms with Crippen molar-refractivity contribution < 1.29 is 14.6 Å². The zero-order valence-corrected chi connectivity index (χ0v) is 16.2. The van der Waals surface area contributed by atoms with Gasteiger partial charge in [0.1, 0.15) is 12.4 Å². The molecule has 0 heterocycles. The van der Waals surface area contributed by atoms with Gasteiger partial charge in [0.2, 0.25) is 0 Å². The third-order valence-corrected chi connectivity index (χ3v) is 4.71. The van der Waals surface area contributed by atoms with E-state index in [0.717, 1.165) is 22.4 Å². The number of hydrogen-bond acceptors (Lipinski definition) is 3. The van der Waals surface area contributed by atoms with E-state index in [1.165, 1.54) is 6.92 Å². The average molecular weight is 355 g/mol. The van der Waals surface area contributed by atoms with Crippen LogP contribution >= 0.6 is 0 Å². The van der Waals surface area contributed by atoms with Crippen molar-refractivity contribution >= 4 is 5.91 Å².